The molecule has 3 rings (SSSR count). The largest absolute Gasteiger partial charge is 0.463 e. The van der Waals surface area contributed by atoms with E-state index in [0.29, 0.717) is 40.2 Å². The van der Waals surface area contributed by atoms with Gasteiger partial charge in [0.1, 0.15) is 5.69 Å². The van der Waals surface area contributed by atoms with Gasteiger partial charge in [-0.05, 0) is 45.1 Å². The minimum atomic E-state index is -4.24. The first-order chi connectivity index (χ1) is 13.7. The van der Waals surface area contributed by atoms with Gasteiger partial charge < -0.3 is 9.73 Å². The van der Waals surface area contributed by atoms with Crippen LogP contribution in [0.5, 0.6) is 0 Å². The van der Waals surface area contributed by atoms with Crippen LogP contribution in [-0.2, 0) is 7.05 Å². The highest BCUT2D eigenvalue weighted by atomic mass is 19.4. The van der Waals surface area contributed by atoms with Crippen molar-refractivity contribution in [3.8, 4) is 11.5 Å². The number of nitrogens with one attached hydrogen (secondary N) is 1. The van der Waals surface area contributed by atoms with E-state index < -0.39 is 12.7 Å². The molecule has 29 heavy (non-hydrogen) atoms. The fourth-order valence-electron chi connectivity index (χ4n) is 3.21. The summed E-state index contributed by atoms with van der Waals surface area (Å²) in [6.07, 6.45) is -2.32. The molecule has 0 aliphatic rings. The van der Waals surface area contributed by atoms with Crippen molar-refractivity contribution in [1.82, 2.24) is 25.0 Å². The molecule has 7 nitrogen and oxygen atoms in total. The first kappa shape index (κ1) is 20.8. The lowest BCUT2D eigenvalue weighted by molar-refractivity contribution is -0.143. The number of hydrogen-bond donors (Lipinski definition) is 1. The number of fused-ring (bicyclic) bond motifs is 1. The standard InChI is InChI=1S/C19H22F3N5O2/c1-12-16-13(18(28)23-7-5-8-26(2)11-19(20,21)22)10-14(15-6-4-9-29-15)24-17(16)27(3)25-12/h4,6,9-10H,5,7-8,11H2,1-3H3,(H,23,28). The molecule has 0 aliphatic carbocycles. The van der Waals surface area contributed by atoms with Crippen LogP contribution in [-0.4, -0.2) is 58.4 Å². The first-order valence-electron chi connectivity index (χ1n) is 9.07. The lowest BCUT2D eigenvalue weighted by atomic mass is 10.1. The van der Waals surface area contributed by atoms with Gasteiger partial charge in [-0.2, -0.15) is 18.3 Å². The molecule has 0 saturated carbocycles. The Morgan fingerprint density at radius 1 is 1.38 bits per heavy atom. The van der Waals surface area contributed by atoms with E-state index in [9.17, 15) is 18.0 Å². The lowest BCUT2D eigenvalue weighted by Gasteiger charge is -2.18. The monoisotopic (exact) mass is 409 g/mol. The van der Waals surface area contributed by atoms with E-state index in [4.69, 9.17) is 4.42 Å². The molecular weight excluding hydrogens is 387 g/mol. The summed E-state index contributed by atoms with van der Waals surface area (Å²) in [5, 5.41) is 7.75. The molecule has 0 unspecified atom stereocenters. The zero-order chi connectivity index (χ0) is 21.2. The second kappa shape index (κ2) is 8.24. The normalized spacial score (nSPS) is 12.1. The smallest absolute Gasteiger partial charge is 0.401 e. The van der Waals surface area contributed by atoms with Crippen LogP contribution in [0.3, 0.4) is 0 Å². The van der Waals surface area contributed by atoms with Crippen molar-refractivity contribution in [3.05, 3.63) is 35.7 Å². The summed E-state index contributed by atoms with van der Waals surface area (Å²) >= 11 is 0. The van der Waals surface area contributed by atoms with Crippen molar-refractivity contribution in [2.24, 2.45) is 7.05 Å². The Labute approximate surface area is 165 Å². The Bertz CT molecular complexity index is 996. The highest BCUT2D eigenvalue weighted by molar-refractivity contribution is 6.07. The van der Waals surface area contributed by atoms with E-state index >= 15 is 0 Å². The fraction of sp³-hybridized carbons (Fsp3) is 0.421. The molecule has 3 aromatic heterocycles. The second-order valence-electron chi connectivity index (χ2n) is 6.90. The fourth-order valence-corrected chi connectivity index (χ4v) is 3.21. The molecule has 0 aliphatic heterocycles. The third-order valence-corrected chi connectivity index (χ3v) is 4.44. The Morgan fingerprint density at radius 3 is 2.79 bits per heavy atom. The number of amides is 1. The van der Waals surface area contributed by atoms with Crippen molar-refractivity contribution >= 4 is 16.9 Å². The van der Waals surface area contributed by atoms with Crippen LogP contribution in [0.1, 0.15) is 22.5 Å². The Balaban J connectivity index is 1.75. The van der Waals surface area contributed by atoms with Crippen LogP contribution in [0, 0.1) is 6.92 Å². The zero-order valence-corrected chi connectivity index (χ0v) is 16.4. The van der Waals surface area contributed by atoms with Crippen molar-refractivity contribution in [2.75, 3.05) is 26.7 Å². The van der Waals surface area contributed by atoms with E-state index in [2.05, 4.69) is 15.4 Å². The average molecular weight is 409 g/mol. The number of pyridine rings is 1. The molecule has 0 fully saturated rings. The Kier molecular flexibility index (Phi) is 5.92. The summed E-state index contributed by atoms with van der Waals surface area (Å²) in [5.41, 5.74) is 2.11. The average Bonchev–Trinajstić information content (AvgIpc) is 3.25. The van der Waals surface area contributed by atoms with Gasteiger partial charge in [0, 0.05) is 13.6 Å². The van der Waals surface area contributed by atoms with Gasteiger partial charge in [0.05, 0.1) is 29.5 Å². The molecule has 1 N–H and O–H groups in total. The predicted molar refractivity (Wildman–Crippen MR) is 101 cm³/mol. The van der Waals surface area contributed by atoms with E-state index in [1.54, 1.807) is 36.9 Å². The van der Waals surface area contributed by atoms with Crippen molar-refractivity contribution in [3.63, 3.8) is 0 Å². The maximum Gasteiger partial charge on any atom is 0.401 e. The van der Waals surface area contributed by atoms with Gasteiger partial charge in [0.2, 0.25) is 0 Å². The van der Waals surface area contributed by atoms with Gasteiger partial charge in [-0.15, -0.1) is 0 Å². The van der Waals surface area contributed by atoms with Crippen LogP contribution in [0.25, 0.3) is 22.5 Å². The molecule has 0 saturated heterocycles. The molecule has 1 amide bonds. The number of hydrogen-bond acceptors (Lipinski definition) is 5. The number of alkyl halides is 3. The van der Waals surface area contributed by atoms with E-state index in [-0.39, 0.29) is 19.0 Å². The third kappa shape index (κ3) is 4.94. The third-order valence-electron chi connectivity index (χ3n) is 4.44. The predicted octanol–water partition coefficient (Wildman–Crippen LogP) is 3.15. The van der Waals surface area contributed by atoms with E-state index in [0.717, 1.165) is 0 Å². The summed E-state index contributed by atoms with van der Waals surface area (Å²) in [5.74, 6) is 0.188. The number of nitrogens with zero attached hydrogens (tertiary/aromatic N) is 4. The first-order valence-corrected chi connectivity index (χ1v) is 9.07. The van der Waals surface area contributed by atoms with Crippen molar-refractivity contribution < 1.29 is 22.4 Å². The number of carbonyl (C=O) groups excluding carboxylic acids is 1. The van der Waals surface area contributed by atoms with Gasteiger partial charge >= 0.3 is 6.18 Å². The lowest BCUT2D eigenvalue weighted by Crippen LogP contribution is -2.33. The Hall–Kier alpha value is -2.88. The minimum absolute atomic E-state index is 0.217. The molecule has 0 radical (unpaired) electrons. The number of carbonyl (C=O) groups is 1. The van der Waals surface area contributed by atoms with Crippen molar-refractivity contribution in [1.29, 1.82) is 0 Å². The van der Waals surface area contributed by atoms with Crippen LogP contribution in [0.2, 0.25) is 0 Å². The quantitative estimate of drug-likeness (QED) is 0.607. The topological polar surface area (TPSA) is 76.2 Å². The van der Waals surface area contributed by atoms with Gasteiger partial charge in [-0.3, -0.25) is 14.4 Å². The Morgan fingerprint density at radius 2 is 2.14 bits per heavy atom. The van der Waals surface area contributed by atoms with Crippen LogP contribution < -0.4 is 5.32 Å². The van der Waals surface area contributed by atoms with Crippen LogP contribution in [0.15, 0.2) is 28.9 Å². The number of aryl methyl sites for hydroxylation is 2. The summed E-state index contributed by atoms with van der Waals surface area (Å²) < 4.78 is 44.1. The maximum atomic E-state index is 12.8. The number of rotatable bonds is 7. The van der Waals surface area contributed by atoms with E-state index in [1.165, 1.54) is 18.2 Å². The van der Waals surface area contributed by atoms with Gasteiger partial charge in [0.15, 0.2) is 11.4 Å². The van der Waals surface area contributed by atoms with Crippen LogP contribution in [0.4, 0.5) is 13.2 Å². The number of furan rings is 1. The van der Waals surface area contributed by atoms with Gasteiger partial charge in [0.25, 0.3) is 5.91 Å². The minimum Gasteiger partial charge on any atom is -0.463 e. The molecule has 10 heteroatoms. The second-order valence-corrected chi connectivity index (χ2v) is 6.90. The number of aromatic nitrogens is 3. The van der Waals surface area contributed by atoms with E-state index in [1.807, 2.05) is 0 Å². The van der Waals surface area contributed by atoms with Crippen molar-refractivity contribution in [2.45, 2.75) is 19.5 Å². The highest BCUT2D eigenvalue weighted by Gasteiger charge is 2.28. The maximum absolute atomic E-state index is 12.8. The van der Waals surface area contributed by atoms with Gasteiger partial charge in [-0.25, -0.2) is 4.98 Å². The summed E-state index contributed by atoms with van der Waals surface area (Å²) in [7, 11) is 3.14. The molecule has 0 atom stereocenters. The SMILES string of the molecule is Cc1nn(C)c2nc(-c3ccco3)cc(C(=O)NCCCN(C)CC(F)(F)F)c12. The zero-order valence-electron chi connectivity index (χ0n) is 16.4. The van der Waals surface area contributed by atoms with Gasteiger partial charge in [-0.1, -0.05) is 0 Å². The molecule has 156 valence electrons. The molecule has 3 aromatic rings. The molecule has 0 aromatic carbocycles. The molecule has 3 heterocycles. The summed E-state index contributed by atoms with van der Waals surface area (Å²) in [6.45, 7) is 1.28. The highest BCUT2D eigenvalue weighted by Crippen LogP contribution is 2.27. The number of halogens is 3. The summed E-state index contributed by atoms with van der Waals surface area (Å²) in [6, 6.07) is 5.11. The molecular formula is C19H22F3N5O2. The molecule has 0 spiro atoms. The van der Waals surface area contributed by atoms with Crippen LogP contribution >= 0.6 is 0 Å². The summed E-state index contributed by atoms with van der Waals surface area (Å²) in [4.78, 5) is 18.5. The molecule has 0 bridgehead atoms.